The van der Waals surface area contributed by atoms with Gasteiger partial charge in [-0.15, -0.1) is 0 Å². The Hall–Kier alpha value is -1.22. The van der Waals surface area contributed by atoms with Gasteiger partial charge in [0.25, 0.3) is 0 Å². The Kier molecular flexibility index (Phi) is 3.29. The molecule has 3 heteroatoms. The lowest BCUT2D eigenvalue weighted by Gasteiger charge is -2.27. The number of methoxy groups -OCH3 is 1. The maximum Gasteiger partial charge on any atom is 0.162 e. The molecule has 1 fully saturated rings. The van der Waals surface area contributed by atoms with Crippen LogP contribution in [0.2, 0.25) is 0 Å². The van der Waals surface area contributed by atoms with Crippen LogP contribution in [0, 0.1) is 0 Å². The lowest BCUT2D eigenvalue weighted by molar-refractivity contribution is 0.350. The number of nitrogens with one attached hydrogen (secondary N) is 1. The molecular formula is C14H21NO2. The van der Waals surface area contributed by atoms with Gasteiger partial charge in [-0.25, -0.2) is 0 Å². The van der Waals surface area contributed by atoms with Crippen LogP contribution in [-0.4, -0.2) is 18.8 Å². The van der Waals surface area contributed by atoms with Gasteiger partial charge in [0.15, 0.2) is 11.5 Å². The van der Waals surface area contributed by atoms with Crippen LogP contribution in [0.15, 0.2) is 12.1 Å². The van der Waals surface area contributed by atoms with Gasteiger partial charge >= 0.3 is 0 Å². The number of aromatic hydroxyl groups is 1. The Morgan fingerprint density at radius 1 is 1.47 bits per heavy atom. The third kappa shape index (κ3) is 2.12. The van der Waals surface area contributed by atoms with Crippen molar-refractivity contribution in [2.75, 3.05) is 13.7 Å². The minimum absolute atomic E-state index is 0.122. The van der Waals surface area contributed by atoms with Gasteiger partial charge in [0.2, 0.25) is 0 Å². The summed E-state index contributed by atoms with van der Waals surface area (Å²) in [4.78, 5) is 0. The van der Waals surface area contributed by atoms with E-state index in [1.807, 2.05) is 6.07 Å². The first-order valence-electron chi connectivity index (χ1n) is 6.26. The predicted octanol–water partition coefficient (Wildman–Crippen LogP) is 2.56. The Balaban J connectivity index is 2.51. The molecule has 1 atom stereocenters. The van der Waals surface area contributed by atoms with E-state index in [0.717, 1.165) is 31.4 Å². The topological polar surface area (TPSA) is 41.5 Å². The number of benzene rings is 1. The molecule has 1 aromatic carbocycles. The highest BCUT2D eigenvalue weighted by Crippen LogP contribution is 2.41. The molecule has 0 saturated carbocycles. The van der Waals surface area contributed by atoms with Gasteiger partial charge in [-0.05, 0) is 50.4 Å². The van der Waals surface area contributed by atoms with Crippen molar-refractivity contribution in [3.8, 4) is 11.5 Å². The summed E-state index contributed by atoms with van der Waals surface area (Å²) >= 11 is 0. The molecular weight excluding hydrogens is 214 g/mol. The summed E-state index contributed by atoms with van der Waals surface area (Å²) in [5.41, 5.74) is 2.04. The molecule has 0 bridgehead atoms. The average Bonchev–Trinajstić information content (AvgIpc) is 2.77. The number of phenolic OH excluding ortho intramolecular Hbond substituents is 1. The molecule has 94 valence electrons. The summed E-state index contributed by atoms with van der Waals surface area (Å²) in [6.07, 6.45) is 3.14. The van der Waals surface area contributed by atoms with Crippen LogP contribution in [0.3, 0.4) is 0 Å². The van der Waals surface area contributed by atoms with Crippen LogP contribution in [0.1, 0.15) is 37.8 Å². The molecule has 1 aliphatic heterocycles. The largest absolute Gasteiger partial charge is 0.504 e. The van der Waals surface area contributed by atoms with Crippen molar-refractivity contribution in [3.05, 3.63) is 23.3 Å². The van der Waals surface area contributed by atoms with Crippen molar-refractivity contribution in [1.29, 1.82) is 0 Å². The van der Waals surface area contributed by atoms with E-state index in [0.29, 0.717) is 5.75 Å². The molecule has 3 nitrogen and oxygen atoms in total. The van der Waals surface area contributed by atoms with E-state index in [1.165, 1.54) is 5.56 Å². The standard InChI is InChI=1S/C14H21NO2/c1-4-10-8-11(13(16)12(9-10)17-3)14(2)6-5-7-15-14/h8-9,15-16H,4-7H2,1-3H3. The van der Waals surface area contributed by atoms with Crippen LogP contribution < -0.4 is 10.1 Å². The SMILES string of the molecule is CCc1cc(OC)c(O)c(C2(C)CCCN2)c1. The van der Waals surface area contributed by atoms with E-state index in [-0.39, 0.29) is 11.3 Å². The second-order valence-corrected chi connectivity index (χ2v) is 4.91. The number of aryl methyl sites for hydroxylation is 1. The fourth-order valence-electron chi connectivity index (χ4n) is 2.57. The van der Waals surface area contributed by atoms with E-state index < -0.39 is 0 Å². The molecule has 1 heterocycles. The van der Waals surface area contributed by atoms with Crippen molar-refractivity contribution >= 4 is 0 Å². The number of ether oxygens (including phenoxy) is 1. The van der Waals surface area contributed by atoms with Gasteiger partial charge in [-0.1, -0.05) is 6.92 Å². The van der Waals surface area contributed by atoms with E-state index in [2.05, 4.69) is 25.2 Å². The molecule has 0 aromatic heterocycles. The minimum Gasteiger partial charge on any atom is -0.504 e. The Labute approximate surface area is 103 Å². The second-order valence-electron chi connectivity index (χ2n) is 4.91. The van der Waals surface area contributed by atoms with Gasteiger partial charge in [0, 0.05) is 11.1 Å². The Morgan fingerprint density at radius 3 is 2.76 bits per heavy atom. The summed E-state index contributed by atoms with van der Waals surface area (Å²) in [5, 5.41) is 13.7. The fraction of sp³-hybridized carbons (Fsp3) is 0.571. The van der Waals surface area contributed by atoms with Gasteiger partial charge < -0.3 is 15.2 Å². The first-order chi connectivity index (χ1) is 8.10. The summed E-state index contributed by atoms with van der Waals surface area (Å²) < 4.78 is 5.25. The zero-order valence-electron chi connectivity index (χ0n) is 10.8. The maximum absolute atomic E-state index is 10.3. The lowest BCUT2D eigenvalue weighted by Crippen LogP contribution is -2.33. The van der Waals surface area contributed by atoms with Crippen LogP contribution in [0.4, 0.5) is 0 Å². The van der Waals surface area contributed by atoms with Gasteiger partial charge in [-0.3, -0.25) is 0 Å². The zero-order chi connectivity index (χ0) is 12.5. The summed E-state index contributed by atoms with van der Waals surface area (Å²) in [6.45, 7) is 5.27. The van der Waals surface area contributed by atoms with Crippen LogP contribution >= 0.6 is 0 Å². The van der Waals surface area contributed by atoms with E-state index in [1.54, 1.807) is 7.11 Å². The molecule has 0 amide bonds. The first kappa shape index (κ1) is 12.2. The van der Waals surface area contributed by atoms with Gasteiger partial charge in [0.05, 0.1) is 7.11 Å². The maximum atomic E-state index is 10.3. The monoisotopic (exact) mass is 235 g/mol. The van der Waals surface area contributed by atoms with Gasteiger partial charge in [-0.2, -0.15) is 0 Å². The number of rotatable bonds is 3. The molecule has 1 saturated heterocycles. The van der Waals surface area contributed by atoms with E-state index >= 15 is 0 Å². The Morgan fingerprint density at radius 2 is 2.24 bits per heavy atom. The van der Waals surface area contributed by atoms with Crippen LogP contribution in [-0.2, 0) is 12.0 Å². The van der Waals surface area contributed by atoms with E-state index in [4.69, 9.17) is 4.74 Å². The molecule has 2 rings (SSSR count). The van der Waals surface area contributed by atoms with Crippen molar-refractivity contribution in [2.45, 2.75) is 38.6 Å². The van der Waals surface area contributed by atoms with Crippen molar-refractivity contribution in [3.63, 3.8) is 0 Å². The van der Waals surface area contributed by atoms with Crippen molar-refractivity contribution < 1.29 is 9.84 Å². The molecule has 1 aliphatic rings. The third-order valence-electron chi connectivity index (χ3n) is 3.73. The number of hydrogen-bond donors (Lipinski definition) is 2. The average molecular weight is 235 g/mol. The highest BCUT2D eigenvalue weighted by molar-refractivity contribution is 5.51. The number of phenols is 1. The molecule has 2 N–H and O–H groups in total. The quantitative estimate of drug-likeness (QED) is 0.846. The van der Waals surface area contributed by atoms with Crippen molar-refractivity contribution in [2.24, 2.45) is 0 Å². The minimum atomic E-state index is -0.122. The predicted molar refractivity (Wildman–Crippen MR) is 68.6 cm³/mol. The molecule has 1 aromatic rings. The zero-order valence-corrected chi connectivity index (χ0v) is 10.8. The third-order valence-corrected chi connectivity index (χ3v) is 3.73. The molecule has 0 radical (unpaired) electrons. The Bertz CT molecular complexity index is 409. The second kappa shape index (κ2) is 4.57. The summed E-state index contributed by atoms with van der Waals surface area (Å²) in [7, 11) is 1.60. The van der Waals surface area contributed by atoms with Gasteiger partial charge in [0.1, 0.15) is 0 Å². The molecule has 1 unspecified atom stereocenters. The highest BCUT2D eigenvalue weighted by Gasteiger charge is 2.33. The fourth-order valence-corrected chi connectivity index (χ4v) is 2.57. The number of hydrogen-bond acceptors (Lipinski definition) is 3. The van der Waals surface area contributed by atoms with Crippen LogP contribution in [0.25, 0.3) is 0 Å². The molecule has 0 spiro atoms. The highest BCUT2D eigenvalue weighted by atomic mass is 16.5. The summed E-state index contributed by atoms with van der Waals surface area (Å²) in [6, 6.07) is 4.01. The van der Waals surface area contributed by atoms with E-state index in [9.17, 15) is 5.11 Å². The van der Waals surface area contributed by atoms with Crippen LogP contribution in [0.5, 0.6) is 11.5 Å². The normalized spacial score (nSPS) is 23.9. The lowest BCUT2D eigenvalue weighted by atomic mass is 9.88. The molecule has 17 heavy (non-hydrogen) atoms. The smallest absolute Gasteiger partial charge is 0.162 e. The summed E-state index contributed by atoms with van der Waals surface area (Å²) in [5.74, 6) is 0.857. The van der Waals surface area contributed by atoms with Crippen molar-refractivity contribution in [1.82, 2.24) is 5.32 Å². The molecule has 0 aliphatic carbocycles. The first-order valence-corrected chi connectivity index (χ1v) is 6.26.